The van der Waals surface area contributed by atoms with E-state index in [0.717, 1.165) is 5.56 Å². The molecule has 0 aliphatic rings. The van der Waals surface area contributed by atoms with Crippen LogP contribution in [0.1, 0.15) is 19.4 Å². The molecule has 0 spiro atoms. The van der Waals surface area contributed by atoms with Crippen LogP contribution >= 0.6 is 15.9 Å². The van der Waals surface area contributed by atoms with Crippen LogP contribution in [0.15, 0.2) is 24.3 Å². The van der Waals surface area contributed by atoms with E-state index in [2.05, 4.69) is 21.2 Å². The van der Waals surface area contributed by atoms with Crippen molar-refractivity contribution in [2.75, 3.05) is 5.33 Å². The van der Waals surface area contributed by atoms with Gasteiger partial charge in [-0.05, 0) is 31.5 Å². The molecule has 0 radical (unpaired) electrons. The van der Waals surface area contributed by atoms with Crippen LogP contribution in [0.5, 0.6) is 5.75 Å². The van der Waals surface area contributed by atoms with E-state index in [1.54, 1.807) is 18.2 Å². The molecule has 88 valence electrons. The number of hydrogen-bond donors (Lipinski definition) is 2. The second-order valence-corrected chi connectivity index (χ2v) is 4.97. The maximum atomic E-state index is 11.7. The van der Waals surface area contributed by atoms with Gasteiger partial charge >= 0.3 is 0 Å². The minimum absolute atomic E-state index is 0.0462. The van der Waals surface area contributed by atoms with Gasteiger partial charge < -0.3 is 10.4 Å². The zero-order valence-electron chi connectivity index (χ0n) is 9.46. The van der Waals surface area contributed by atoms with E-state index in [9.17, 15) is 9.90 Å². The molecule has 0 aliphatic heterocycles. The largest absolute Gasteiger partial charge is 0.508 e. The number of alkyl halides is 1. The first-order valence-electron chi connectivity index (χ1n) is 5.08. The Kier molecular flexibility index (Phi) is 4.35. The molecule has 0 saturated heterocycles. The summed E-state index contributed by atoms with van der Waals surface area (Å²) in [5.41, 5.74) is 0.552. The van der Waals surface area contributed by atoms with Crippen LogP contribution in [0.4, 0.5) is 0 Å². The SMILES string of the molecule is CC(C)(CBr)NC(=O)Cc1cccc(O)c1. The van der Waals surface area contributed by atoms with Crippen LogP contribution in [0.25, 0.3) is 0 Å². The minimum atomic E-state index is -0.256. The van der Waals surface area contributed by atoms with Gasteiger partial charge in [0.05, 0.1) is 6.42 Å². The molecule has 0 atom stereocenters. The molecule has 3 nitrogen and oxygen atoms in total. The lowest BCUT2D eigenvalue weighted by molar-refractivity contribution is -0.121. The highest BCUT2D eigenvalue weighted by molar-refractivity contribution is 9.09. The average Bonchev–Trinajstić information content (AvgIpc) is 2.16. The standard InChI is InChI=1S/C12H16BrNO2/c1-12(2,8-13)14-11(16)7-9-4-3-5-10(15)6-9/h3-6,15H,7-8H2,1-2H3,(H,14,16). The molecule has 2 N–H and O–H groups in total. The van der Waals surface area contributed by atoms with Gasteiger partial charge in [-0.2, -0.15) is 0 Å². The number of rotatable bonds is 4. The van der Waals surface area contributed by atoms with Crippen LogP contribution in [0, 0.1) is 0 Å². The van der Waals surface area contributed by atoms with E-state index < -0.39 is 0 Å². The van der Waals surface area contributed by atoms with Gasteiger partial charge in [0.1, 0.15) is 5.75 Å². The Balaban J connectivity index is 2.59. The van der Waals surface area contributed by atoms with Gasteiger partial charge in [0.25, 0.3) is 0 Å². The molecule has 0 aliphatic carbocycles. The van der Waals surface area contributed by atoms with Crippen molar-refractivity contribution in [1.29, 1.82) is 0 Å². The molecule has 1 amide bonds. The van der Waals surface area contributed by atoms with Crippen LogP contribution in [-0.2, 0) is 11.2 Å². The Bertz CT molecular complexity index is 377. The molecule has 1 aromatic carbocycles. The highest BCUT2D eigenvalue weighted by Crippen LogP contribution is 2.12. The first-order chi connectivity index (χ1) is 7.43. The number of carbonyl (C=O) groups excluding carboxylic acids is 1. The Hall–Kier alpha value is -1.03. The van der Waals surface area contributed by atoms with Crippen molar-refractivity contribution in [2.45, 2.75) is 25.8 Å². The average molecular weight is 286 g/mol. The maximum absolute atomic E-state index is 11.7. The van der Waals surface area contributed by atoms with Crippen LogP contribution in [0.3, 0.4) is 0 Å². The Morgan fingerprint density at radius 2 is 2.19 bits per heavy atom. The number of carbonyl (C=O) groups is 1. The molecule has 4 heteroatoms. The lowest BCUT2D eigenvalue weighted by Gasteiger charge is -2.23. The summed E-state index contributed by atoms with van der Waals surface area (Å²) in [5, 5.41) is 12.9. The van der Waals surface area contributed by atoms with Gasteiger partial charge in [-0.25, -0.2) is 0 Å². The van der Waals surface area contributed by atoms with E-state index in [1.807, 2.05) is 19.9 Å². The quantitative estimate of drug-likeness (QED) is 0.834. The summed E-state index contributed by atoms with van der Waals surface area (Å²) in [6.07, 6.45) is 0.283. The zero-order valence-corrected chi connectivity index (χ0v) is 11.0. The monoisotopic (exact) mass is 285 g/mol. The number of benzene rings is 1. The van der Waals surface area contributed by atoms with Crippen LogP contribution < -0.4 is 5.32 Å². The Morgan fingerprint density at radius 1 is 1.50 bits per heavy atom. The fourth-order valence-corrected chi connectivity index (χ4v) is 1.45. The number of nitrogens with one attached hydrogen (secondary N) is 1. The van der Waals surface area contributed by atoms with E-state index in [0.29, 0.717) is 5.33 Å². The Morgan fingerprint density at radius 3 is 2.75 bits per heavy atom. The Labute approximate surface area is 104 Å². The first kappa shape index (κ1) is 13.0. The number of halogens is 1. The van der Waals surface area contributed by atoms with Gasteiger partial charge in [0.15, 0.2) is 0 Å². The van der Waals surface area contributed by atoms with Gasteiger partial charge in [-0.1, -0.05) is 28.1 Å². The minimum Gasteiger partial charge on any atom is -0.508 e. The topological polar surface area (TPSA) is 49.3 Å². The van der Waals surface area contributed by atoms with Crippen molar-refractivity contribution < 1.29 is 9.90 Å². The predicted molar refractivity (Wildman–Crippen MR) is 67.8 cm³/mol. The second-order valence-electron chi connectivity index (χ2n) is 4.41. The lowest BCUT2D eigenvalue weighted by atomic mass is 10.1. The van der Waals surface area contributed by atoms with Crippen LogP contribution in [0.2, 0.25) is 0 Å². The van der Waals surface area contributed by atoms with E-state index in [4.69, 9.17) is 0 Å². The number of hydrogen-bond acceptors (Lipinski definition) is 2. The molecular weight excluding hydrogens is 270 g/mol. The lowest BCUT2D eigenvalue weighted by Crippen LogP contribution is -2.45. The summed E-state index contributed by atoms with van der Waals surface area (Å²) in [7, 11) is 0. The van der Waals surface area contributed by atoms with Crippen LogP contribution in [-0.4, -0.2) is 21.9 Å². The smallest absolute Gasteiger partial charge is 0.224 e. The summed E-state index contributed by atoms with van der Waals surface area (Å²) in [6, 6.07) is 6.73. The van der Waals surface area contributed by atoms with Crippen molar-refractivity contribution in [3.8, 4) is 5.75 Å². The molecule has 0 aromatic heterocycles. The third-order valence-electron chi connectivity index (χ3n) is 2.09. The fourth-order valence-electron chi connectivity index (χ4n) is 1.31. The molecule has 16 heavy (non-hydrogen) atoms. The maximum Gasteiger partial charge on any atom is 0.224 e. The molecule has 1 rings (SSSR count). The number of aromatic hydroxyl groups is 1. The molecule has 0 saturated carbocycles. The van der Waals surface area contributed by atoms with Gasteiger partial charge in [0.2, 0.25) is 5.91 Å². The second kappa shape index (κ2) is 5.34. The van der Waals surface area contributed by atoms with Crippen molar-refractivity contribution in [2.24, 2.45) is 0 Å². The van der Waals surface area contributed by atoms with Crippen molar-refractivity contribution >= 4 is 21.8 Å². The van der Waals surface area contributed by atoms with E-state index >= 15 is 0 Å². The normalized spacial score (nSPS) is 11.2. The fraction of sp³-hybridized carbons (Fsp3) is 0.417. The van der Waals surface area contributed by atoms with E-state index in [1.165, 1.54) is 0 Å². The number of amides is 1. The van der Waals surface area contributed by atoms with Crippen molar-refractivity contribution in [3.05, 3.63) is 29.8 Å². The number of phenols is 1. The molecule has 0 unspecified atom stereocenters. The summed E-state index contributed by atoms with van der Waals surface area (Å²) in [4.78, 5) is 11.7. The zero-order chi connectivity index (χ0) is 12.2. The third kappa shape index (κ3) is 4.23. The number of phenolic OH excluding ortho intramolecular Hbond substituents is 1. The molecule has 0 bridgehead atoms. The molecular formula is C12H16BrNO2. The summed E-state index contributed by atoms with van der Waals surface area (Å²) in [5.74, 6) is 0.139. The summed E-state index contributed by atoms with van der Waals surface area (Å²) >= 11 is 3.34. The van der Waals surface area contributed by atoms with Crippen molar-refractivity contribution in [3.63, 3.8) is 0 Å². The van der Waals surface area contributed by atoms with Gasteiger partial charge in [-0.3, -0.25) is 4.79 Å². The highest BCUT2D eigenvalue weighted by Gasteiger charge is 2.18. The summed E-state index contributed by atoms with van der Waals surface area (Å²) in [6.45, 7) is 3.89. The van der Waals surface area contributed by atoms with Crippen molar-refractivity contribution in [1.82, 2.24) is 5.32 Å². The van der Waals surface area contributed by atoms with E-state index in [-0.39, 0.29) is 23.6 Å². The summed E-state index contributed by atoms with van der Waals surface area (Å²) < 4.78 is 0. The third-order valence-corrected chi connectivity index (χ3v) is 3.49. The molecule has 0 heterocycles. The predicted octanol–water partition coefficient (Wildman–Crippen LogP) is 2.22. The highest BCUT2D eigenvalue weighted by atomic mass is 79.9. The molecule has 0 fully saturated rings. The van der Waals surface area contributed by atoms with Gasteiger partial charge in [0, 0.05) is 10.9 Å². The molecule has 1 aromatic rings. The first-order valence-corrected chi connectivity index (χ1v) is 6.20. The van der Waals surface area contributed by atoms with Gasteiger partial charge in [-0.15, -0.1) is 0 Å².